The van der Waals surface area contributed by atoms with E-state index in [4.69, 9.17) is 0 Å². The van der Waals surface area contributed by atoms with Gasteiger partial charge in [-0.1, -0.05) is 57.9 Å². The maximum atomic E-state index is 2.32. The predicted octanol–water partition coefficient (Wildman–Crippen LogP) is 3.80. The highest BCUT2D eigenvalue weighted by molar-refractivity contribution is 5.35. The first kappa shape index (κ1) is 9.57. The molecule has 0 spiro atoms. The lowest BCUT2D eigenvalue weighted by Crippen LogP contribution is -2.08. The summed E-state index contributed by atoms with van der Waals surface area (Å²) in [4.78, 5) is 0. The van der Waals surface area contributed by atoms with Crippen LogP contribution in [0, 0.1) is 17.8 Å². The van der Waals surface area contributed by atoms with Gasteiger partial charge >= 0.3 is 0 Å². The third kappa shape index (κ3) is 1.63. The minimum absolute atomic E-state index is 0.685. The topological polar surface area (TPSA) is 0 Å². The largest absolute Gasteiger partial charge is 0.0622 e. The molecule has 0 amide bonds. The fourth-order valence-electron chi connectivity index (χ4n) is 2.06. The molecule has 0 saturated carbocycles. The molecule has 68 valence electrons. The van der Waals surface area contributed by atoms with Gasteiger partial charge in [-0.25, -0.2) is 0 Å². The number of hydrogen-bond donors (Lipinski definition) is 0. The Morgan fingerprint density at radius 2 is 1.25 bits per heavy atom. The molecule has 0 nitrogen and oxygen atoms in total. The summed E-state index contributed by atoms with van der Waals surface area (Å²) >= 11 is 0. The van der Waals surface area contributed by atoms with Gasteiger partial charge in [0.2, 0.25) is 0 Å². The van der Waals surface area contributed by atoms with Crippen LogP contribution in [-0.2, 0) is 0 Å². The summed E-state index contributed by atoms with van der Waals surface area (Å²) in [5.74, 6) is 2.09. The molecule has 0 radical (unpaired) electrons. The molecule has 0 heterocycles. The molecule has 0 aromatic heterocycles. The van der Waals surface area contributed by atoms with Gasteiger partial charge in [0.05, 0.1) is 0 Å². The fraction of sp³-hybridized carbons (Fsp3) is 0.667. The maximum absolute atomic E-state index is 2.32. The quantitative estimate of drug-likeness (QED) is 0.582. The SMILES string of the molecule is CC(C)C1=CC=C(C(C)C)C1C. The first-order chi connectivity index (χ1) is 5.54. The van der Waals surface area contributed by atoms with Gasteiger partial charge in [0.1, 0.15) is 0 Å². The van der Waals surface area contributed by atoms with E-state index < -0.39 is 0 Å². The molecule has 0 atom stereocenters. The Labute approximate surface area is 76.4 Å². The summed E-state index contributed by atoms with van der Waals surface area (Å²) in [5, 5.41) is 0. The Balaban J connectivity index is 2.72. The fourth-order valence-corrected chi connectivity index (χ4v) is 2.06. The van der Waals surface area contributed by atoms with Crippen LogP contribution in [0.2, 0.25) is 0 Å². The highest BCUT2D eigenvalue weighted by Gasteiger charge is 2.21. The van der Waals surface area contributed by atoms with Crippen LogP contribution in [0.5, 0.6) is 0 Å². The molecule has 0 heteroatoms. The summed E-state index contributed by atoms with van der Waals surface area (Å²) in [5.41, 5.74) is 3.19. The number of rotatable bonds is 2. The second-order valence-corrected chi connectivity index (χ2v) is 4.36. The zero-order chi connectivity index (χ0) is 9.30. The third-order valence-electron chi connectivity index (χ3n) is 2.80. The Morgan fingerprint density at radius 1 is 0.917 bits per heavy atom. The van der Waals surface area contributed by atoms with E-state index in [-0.39, 0.29) is 0 Å². The van der Waals surface area contributed by atoms with Crippen molar-refractivity contribution >= 4 is 0 Å². The van der Waals surface area contributed by atoms with Gasteiger partial charge in [0.25, 0.3) is 0 Å². The standard InChI is InChI=1S/C12H20/c1-8(2)11-6-7-12(9(3)4)10(11)5/h6-10H,1-5H3. The van der Waals surface area contributed by atoms with E-state index >= 15 is 0 Å². The van der Waals surface area contributed by atoms with E-state index in [1.54, 1.807) is 11.1 Å². The summed E-state index contributed by atoms with van der Waals surface area (Å²) in [6.07, 6.45) is 4.62. The first-order valence-corrected chi connectivity index (χ1v) is 4.95. The Bertz CT molecular complexity index is 192. The molecular formula is C12H20. The molecule has 0 aromatic rings. The lowest BCUT2D eigenvalue weighted by Gasteiger charge is -2.19. The molecule has 1 rings (SSSR count). The monoisotopic (exact) mass is 164 g/mol. The van der Waals surface area contributed by atoms with Crippen LogP contribution >= 0.6 is 0 Å². The Hall–Kier alpha value is -0.520. The van der Waals surface area contributed by atoms with Crippen molar-refractivity contribution in [2.24, 2.45) is 17.8 Å². The smallest absolute Gasteiger partial charge is 0.00101 e. The highest BCUT2D eigenvalue weighted by atomic mass is 14.3. The van der Waals surface area contributed by atoms with E-state index in [1.165, 1.54) is 0 Å². The molecule has 1 aliphatic carbocycles. The van der Waals surface area contributed by atoms with Crippen molar-refractivity contribution < 1.29 is 0 Å². The van der Waals surface area contributed by atoms with Crippen LogP contribution in [0.4, 0.5) is 0 Å². The van der Waals surface area contributed by atoms with Crippen LogP contribution in [0.1, 0.15) is 34.6 Å². The second kappa shape index (κ2) is 3.47. The molecule has 0 bridgehead atoms. The van der Waals surface area contributed by atoms with Crippen molar-refractivity contribution in [3.63, 3.8) is 0 Å². The van der Waals surface area contributed by atoms with Crippen molar-refractivity contribution in [3.05, 3.63) is 23.3 Å². The molecule has 12 heavy (non-hydrogen) atoms. The summed E-state index contributed by atoms with van der Waals surface area (Å²) in [6, 6.07) is 0. The van der Waals surface area contributed by atoms with Crippen LogP contribution < -0.4 is 0 Å². The molecule has 0 aliphatic heterocycles. The third-order valence-corrected chi connectivity index (χ3v) is 2.80. The Morgan fingerprint density at radius 3 is 1.42 bits per heavy atom. The van der Waals surface area contributed by atoms with Gasteiger partial charge in [-0.05, 0) is 17.8 Å². The molecule has 0 N–H and O–H groups in total. The molecule has 1 aliphatic rings. The Kier molecular flexibility index (Phi) is 2.76. The average molecular weight is 164 g/mol. The van der Waals surface area contributed by atoms with E-state index in [2.05, 4.69) is 46.8 Å². The second-order valence-electron chi connectivity index (χ2n) is 4.36. The lowest BCUT2D eigenvalue weighted by molar-refractivity contribution is 0.597. The van der Waals surface area contributed by atoms with Gasteiger partial charge in [0.15, 0.2) is 0 Å². The molecule has 0 unspecified atom stereocenters. The van der Waals surface area contributed by atoms with Gasteiger partial charge in [-0.3, -0.25) is 0 Å². The van der Waals surface area contributed by atoms with Crippen LogP contribution in [-0.4, -0.2) is 0 Å². The van der Waals surface area contributed by atoms with Gasteiger partial charge < -0.3 is 0 Å². The highest BCUT2D eigenvalue weighted by Crippen LogP contribution is 2.35. The maximum Gasteiger partial charge on any atom is -0.00101 e. The zero-order valence-electron chi connectivity index (χ0n) is 8.89. The van der Waals surface area contributed by atoms with Crippen LogP contribution in [0.3, 0.4) is 0 Å². The van der Waals surface area contributed by atoms with E-state index in [9.17, 15) is 0 Å². The molecule has 0 saturated heterocycles. The number of allylic oxidation sites excluding steroid dienone is 4. The van der Waals surface area contributed by atoms with Crippen LogP contribution in [0.15, 0.2) is 23.3 Å². The van der Waals surface area contributed by atoms with Gasteiger partial charge in [0, 0.05) is 0 Å². The van der Waals surface area contributed by atoms with E-state index in [0.29, 0.717) is 17.8 Å². The molecule has 0 fully saturated rings. The zero-order valence-corrected chi connectivity index (χ0v) is 8.89. The summed E-state index contributed by atoms with van der Waals surface area (Å²) < 4.78 is 0. The van der Waals surface area contributed by atoms with Crippen molar-refractivity contribution in [2.45, 2.75) is 34.6 Å². The van der Waals surface area contributed by atoms with Crippen molar-refractivity contribution in [2.75, 3.05) is 0 Å². The van der Waals surface area contributed by atoms with Crippen molar-refractivity contribution in [3.8, 4) is 0 Å². The van der Waals surface area contributed by atoms with Crippen LogP contribution in [0.25, 0.3) is 0 Å². The van der Waals surface area contributed by atoms with Crippen molar-refractivity contribution in [1.82, 2.24) is 0 Å². The normalized spacial score (nSPS) is 18.9. The lowest BCUT2D eigenvalue weighted by atomic mass is 9.86. The minimum Gasteiger partial charge on any atom is -0.0622 e. The number of hydrogen-bond acceptors (Lipinski definition) is 0. The first-order valence-electron chi connectivity index (χ1n) is 4.95. The molecular weight excluding hydrogens is 144 g/mol. The molecule has 0 aromatic carbocycles. The minimum atomic E-state index is 0.685. The predicted molar refractivity (Wildman–Crippen MR) is 55.0 cm³/mol. The van der Waals surface area contributed by atoms with E-state index in [1.807, 2.05) is 0 Å². The average Bonchev–Trinajstić information content (AvgIpc) is 2.30. The summed E-state index contributed by atoms with van der Waals surface area (Å²) in [6.45, 7) is 11.4. The summed E-state index contributed by atoms with van der Waals surface area (Å²) in [7, 11) is 0. The van der Waals surface area contributed by atoms with Crippen molar-refractivity contribution in [1.29, 1.82) is 0 Å². The van der Waals surface area contributed by atoms with E-state index in [0.717, 1.165) is 0 Å². The van der Waals surface area contributed by atoms with Gasteiger partial charge in [-0.15, -0.1) is 0 Å². The van der Waals surface area contributed by atoms with Gasteiger partial charge in [-0.2, -0.15) is 0 Å².